The van der Waals surface area contributed by atoms with Crippen molar-refractivity contribution in [2.24, 2.45) is 5.92 Å². The molecule has 0 aliphatic carbocycles. The van der Waals surface area contributed by atoms with E-state index in [0.29, 0.717) is 18.7 Å². The van der Waals surface area contributed by atoms with Gasteiger partial charge in [-0.15, -0.1) is 11.3 Å². The molecule has 102 valence electrons. The SMILES string of the molecule is O=S(=O)(NCC1CCCOC1)c1cc(CO)cs1. The van der Waals surface area contributed by atoms with Gasteiger partial charge in [-0.1, -0.05) is 0 Å². The minimum absolute atomic E-state index is 0.136. The molecule has 1 saturated heterocycles. The third-order valence-corrected chi connectivity index (χ3v) is 5.81. The summed E-state index contributed by atoms with van der Waals surface area (Å²) in [5, 5.41) is 10.6. The van der Waals surface area contributed by atoms with Crippen molar-refractivity contribution in [3.05, 3.63) is 17.0 Å². The first-order valence-electron chi connectivity index (χ1n) is 5.87. The number of rotatable bonds is 5. The summed E-state index contributed by atoms with van der Waals surface area (Å²) in [7, 11) is -3.45. The Morgan fingerprint density at radius 1 is 1.56 bits per heavy atom. The van der Waals surface area contributed by atoms with Gasteiger partial charge in [-0.05, 0) is 35.8 Å². The van der Waals surface area contributed by atoms with E-state index in [4.69, 9.17) is 9.84 Å². The number of ether oxygens (including phenoxy) is 1. The second-order valence-corrected chi connectivity index (χ2v) is 7.27. The van der Waals surface area contributed by atoms with Gasteiger partial charge in [0.2, 0.25) is 10.0 Å². The number of sulfonamides is 1. The minimum atomic E-state index is -3.45. The monoisotopic (exact) mass is 291 g/mol. The molecule has 5 nitrogen and oxygen atoms in total. The number of thiophene rings is 1. The Morgan fingerprint density at radius 3 is 3.00 bits per heavy atom. The van der Waals surface area contributed by atoms with Crippen molar-refractivity contribution in [1.29, 1.82) is 0 Å². The van der Waals surface area contributed by atoms with E-state index in [9.17, 15) is 8.42 Å². The molecule has 1 aromatic rings. The summed E-state index contributed by atoms with van der Waals surface area (Å²) in [6.45, 7) is 1.67. The van der Waals surface area contributed by atoms with Gasteiger partial charge in [-0.25, -0.2) is 13.1 Å². The molecule has 0 amide bonds. The molecule has 0 radical (unpaired) electrons. The van der Waals surface area contributed by atoms with Gasteiger partial charge >= 0.3 is 0 Å². The van der Waals surface area contributed by atoms with Crippen molar-refractivity contribution in [2.75, 3.05) is 19.8 Å². The number of aliphatic hydroxyl groups excluding tert-OH is 1. The molecule has 1 atom stereocenters. The fourth-order valence-corrected chi connectivity index (χ4v) is 4.21. The summed E-state index contributed by atoms with van der Waals surface area (Å²) in [5.74, 6) is 0.255. The molecule has 1 aromatic heterocycles. The first-order chi connectivity index (χ1) is 8.62. The largest absolute Gasteiger partial charge is 0.392 e. The van der Waals surface area contributed by atoms with Crippen LogP contribution in [0.3, 0.4) is 0 Å². The van der Waals surface area contributed by atoms with E-state index in [1.54, 1.807) is 5.38 Å². The average Bonchev–Trinajstić information content (AvgIpc) is 2.87. The minimum Gasteiger partial charge on any atom is -0.392 e. The van der Waals surface area contributed by atoms with Crippen LogP contribution in [0.15, 0.2) is 15.7 Å². The van der Waals surface area contributed by atoms with E-state index >= 15 is 0 Å². The standard InChI is InChI=1S/C11H17NO4S2/c13-6-10-4-11(17-8-10)18(14,15)12-5-9-2-1-3-16-7-9/h4,8-9,12-13H,1-3,5-7H2. The Morgan fingerprint density at radius 2 is 2.39 bits per heavy atom. The zero-order chi connectivity index (χ0) is 13.0. The molecule has 0 spiro atoms. The smallest absolute Gasteiger partial charge is 0.250 e. The lowest BCUT2D eigenvalue weighted by molar-refractivity contribution is 0.0568. The number of hydrogen-bond acceptors (Lipinski definition) is 5. The molecule has 18 heavy (non-hydrogen) atoms. The van der Waals surface area contributed by atoms with E-state index in [0.717, 1.165) is 30.8 Å². The predicted octanol–water partition coefficient (Wildman–Crippen LogP) is 0.945. The number of hydrogen-bond donors (Lipinski definition) is 2. The van der Waals surface area contributed by atoms with E-state index in [1.165, 1.54) is 6.07 Å². The number of aliphatic hydroxyl groups is 1. The molecule has 2 rings (SSSR count). The van der Waals surface area contributed by atoms with Gasteiger partial charge in [0.25, 0.3) is 0 Å². The lowest BCUT2D eigenvalue weighted by Crippen LogP contribution is -2.32. The third-order valence-electron chi connectivity index (χ3n) is 2.89. The third kappa shape index (κ3) is 3.52. The Kier molecular flexibility index (Phi) is 4.74. The first-order valence-corrected chi connectivity index (χ1v) is 8.24. The van der Waals surface area contributed by atoms with Gasteiger partial charge in [-0.3, -0.25) is 0 Å². The quantitative estimate of drug-likeness (QED) is 0.847. The molecule has 2 N–H and O–H groups in total. The second kappa shape index (κ2) is 6.12. The highest BCUT2D eigenvalue weighted by atomic mass is 32.2. The van der Waals surface area contributed by atoms with Crippen molar-refractivity contribution >= 4 is 21.4 Å². The lowest BCUT2D eigenvalue weighted by Gasteiger charge is -2.21. The molecule has 1 aliphatic heterocycles. The maximum Gasteiger partial charge on any atom is 0.250 e. The predicted molar refractivity (Wildman–Crippen MR) is 69.0 cm³/mol. The van der Waals surface area contributed by atoms with Crippen molar-refractivity contribution < 1.29 is 18.3 Å². The second-order valence-electron chi connectivity index (χ2n) is 4.37. The summed E-state index contributed by atoms with van der Waals surface area (Å²) in [5.41, 5.74) is 0.626. The molecule has 0 saturated carbocycles. The fourth-order valence-electron chi connectivity index (χ4n) is 1.84. The molecule has 0 aromatic carbocycles. The van der Waals surface area contributed by atoms with Crippen LogP contribution in [0.25, 0.3) is 0 Å². The Hall–Kier alpha value is -0.470. The van der Waals surface area contributed by atoms with Gasteiger partial charge < -0.3 is 9.84 Å². The summed E-state index contributed by atoms with van der Waals surface area (Å²) in [4.78, 5) is 0. The van der Waals surface area contributed by atoms with Gasteiger partial charge in [0.05, 0.1) is 13.2 Å². The van der Waals surface area contributed by atoms with Crippen LogP contribution in [-0.2, 0) is 21.4 Å². The van der Waals surface area contributed by atoms with Crippen LogP contribution in [0.5, 0.6) is 0 Å². The Balaban J connectivity index is 1.94. The van der Waals surface area contributed by atoms with Gasteiger partial charge in [-0.2, -0.15) is 0 Å². The van der Waals surface area contributed by atoms with Crippen molar-refractivity contribution in [3.8, 4) is 0 Å². The highest BCUT2D eigenvalue weighted by Gasteiger charge is 2.20. The van der Waals surface area contributed by atoms with Gasteiger partial charge in [0.1, 0.15) is 4.21 Å². The Bertz CT molecular complexity index is 477. The summed E-state index contributed by atoms with van der Waals surface area (Å²) in [6, 6.07) is 1.50. The number of nitrogens with one attached hydrogen (secondary N) is 1. The summed E-state index contributed by atoms with van der Waals surface area (Å²) in [6.07, 6.45) is 1.98. The molecule has 1 fully saturated rings. The fraction of sp³-hybridized carbons (Fsp3) is 0.636. The van der Waals surface area contributed by atoms with Crippen LogP contribution in [-0.4, -0.2) is 33.3 Å². The van der Waals surface area contributed by atoms with Gasteiger partial charge in [0.15, 0.2) is 0 Å². The molecule has 2 heterocycles. The van der Waals surface area contributed by atoms with Crippen LogP contribution in [0.4, 0.5) is 0 Å². The lowest BCUT2D eigenvalue weighted by atomic mass is 10.0. The zero-order valence-electron chi connectivity index (χ0n) is 9.96. The first kappa shape index (κ1) is 14.0. The molecular weight excluding hydrogens is 274 g/mol. The van der Waals surface area contributed by atoms with E-state index < -0.39 is 10.0 Å². The topological polar surface area (TPSA) is 75.6 Å². The molecule has 1 unspecified atom stereocenters. The van der Waals surface area contributed by atoms with Crippen LogP contribution >= 0.6 is 11.3 Å². The Labute approximate surface area is 111 Å². The summed E-state index contributed by atoms with van der Waals surface area (Å²) >= 11 is 1.13. The van der Waals surface area contributed by atoms with Crippen molar-refractivity contribution in [3.63, 3.8) is 0 Å². The highest BCUT2D eigenvalue weighted by molar-refractivity contribution is 7.91. The molecule has 1 aliphatic rings. The van der Waals surface area contributed by atoms with Crippen LogP contribution in [0.2, 0.25) is 0 Å². The zero-order valence-corrected chi connectivity index (χ0v) is 11.6. The summed E-state index contributed by atoms with van der Waals surface area (Å²) < 4.78 is 32.1. The molecule has 7 heteroatoms. The normalized spacial score (nSPS) is 21.1. The van der Waals surface area contributed by atoms with E-state index in [2.05, 4.69) is 4.72 Å². The van der Waals surface area contributed by atoms with Crippen molar-refractivity contribution in [1.82, 2.24) is 4.72 Å². The molecule has 0 bridgehead atoms. The van der Waals surface area contributed by atoms with Crippen LogP contribution in [0.1, 0.15) is 18.4 Å². The van der Waals surface area contributed by atoms with Crippen LogP contribution in [0, 0.1) is 5.92 Å². The van der Waals surface area contributed by atoms with E-state index in [-0.39, 0.29) is 16.7 Å². The van der Waals surface area contributed by atoms with Crippen molar-refractivity contribution in [2.45, 2.75) is 23.7 Å². The average molecular weight is 291 g/mol. The maximum atomic E-state index is 12.0. The molecular formula is C11H17NO4S2. The highest BCUT2D eigenvalue weighted by Crippen LogP contribution is 2.20. The maximum absolute atomic E-state index is 12.0. The van der Waals surface area contributed by atoms with Crippen LogP contribution < -0.4 is 4.72 Å². The van der Waals surface area contributed by atoms with Gasteiger partial charge in [0, 0.05) is 13.2 Å². The van der Waals surface area contributed by atoms with E-state index in [1.807, 2.05) is 0 Å².